The molecule has 0 bridgehead atoms. The lowest BCUT2D eigenvalue weighted by Crippen LogP contribution is -2.45. The Morgan fingerprint density at radius 1 is 1.00 bits per heavy atom. The zero-order chi connectivity index (χ0) is 20.0. The predicted molar refractivity (Wildman–Crippen MR) is 113 cm³/mol. The van der Waals surface area contributed by atoms with Crippen LogP contribution in [0.1, 0.15) is 36.6 Å². The van der Waals surface area contributed by atoms with Crippen LogP contribution in [-0.4, -0.2) is 24.4 Å². The van der Waals surface area contributed by atoms with Crippen LogP contribution in [-0.2, 0) is 9.59 Å². The molecule has 2 atom stereocenters. The first kappa shape index (κ1) is 21.1. The maximum absolute atomic E-state index is 12.3. The molecule has 0 radical (unpaired) electrons. The summed E-state index contributed by atoms with van der Waals surface area (Å²) in [6.07, 6.45) is 0. The first-order chi connectivity index (χ1) is 12.8. The highest BCUT2D eigenvalue weighted by Gasteiger charge is 2.18. The molecule has 0 fully saturated rings. The molecule has 2 amide bonds. The molecule has 5 nitrogen and oxygen atoms in total. The summed E-state index contributed by atoms with van der Waals surface area (Å²) in [5, 5.41) is 8.81. The van der Waals surface area contributed by atoms with Gasteiger partial charge in [0.05, 0.1) is 12.6 Å². The van der Waals surface area contributed by atoms with E-state index in [1.54, 1.807) is 6.92 Å². The summed E-state index contributed by atoms with van der Waals surface area (Å²) in [4.78, 5) is 24.5. The van der Waals surface area contributed by atoms with Crippen molar-refractivity contribution < 1.29 is 9.59 Å². The number of nitrogens with one attached hydrogen (secondary N) is 3. The Morgan fingerprint density at radius 3 is 2.26 bits per heavy atom. The van der Waals surface area contributed by atoms with Crippen LogP contribution in [0, 0.1) is 13.8 Å². The molecule has 2 aromatic carbocycles. The van der Waals surface area contributed by atoms with Gasteiger partial charge in [0.15, 0.2) is 0 Å². The lowest BCUT2D eigenvalue weighted by Gasteiger charge is -2.21. The molecule has 3 N–H and O–H groups in total. The molecule has 0 heterocycles. The second-order valence-electron chi connectivity index (χ2n) is 6.66. The van der Waals surface area contributed by atoms with Crippen molar-refractivity contribution in [3.05, 3.63) is 63.6 Å². The summed E-state index contributed by atoms with van der Waals surface area (Å²) in [5.74, 6) is -0.461. The number of carbonyl (C=O) groups excluding carboxylic acids is 2. The van der Waals surface area contributed by atoms with Gasteiger partial charge in [-0.2, -0.15) is 0 Å². The van der Waals surface area contributed by atoms with Crippen molar-refractivity contribution in [3.8, 4) is 0 Å². The smallest absolute Gasteiger partial charge is 0.243 e. The maximum atomic E-state index is 12.3. The molecule has 0 aromatic heterocycles. The number of amides is 2. The number of anilines is 1. The van der Waals surface area contributed by atoms with Gasteiger partial charge in [-0.05, 0) is 50.5 Å². The van der Waals surface area contributed by atoms with Crippen molar-refractivity contribution in [2.45, 2.75) is 39.8 Å². The van der Waals surface area contributed by atoms with Crippen molar-refractivity contribution in [3.63, 3.8) is 0 Å². The van der Waals surface area contributed by atoms with Crippen molar-refractivity contribution in [1.29, 1.82) is 0 Å². The number of carbonyl (C=O) groups is 2. The molecule has 6 heteroatoms. The highest BCUT2D eigenvalue weighted by molar-refractivity contribution is 9.10. The molecular formula is C21H26BrN3O2. The molecule has 0 saturated heterocycles. The maximum Gasteiger partial charge on any atom is 0.243 e. The third-order valence-electron chi connectivity index (χ3n) is 4.43. The Morgan fingerprint density at radius 2 is 1.63 bits per heavy atom. The van der Waals surface area contributed by atoms with Gasteiger partial charge in [-0.15, -0.1) is 0 Å². The fourth-order valence-electron chi connectivity index (χ4n) is 2.88. The fourth-order valence-corrected chi connectivity index (χ4v) is 3.51. The number of halogens is 1. The van der Waals surface area contributed by atoms with E-state index in [-0.39, 0.29) is 24.4 Å². The monoisotopic (exact) mass is 431 g/mol. The summed E-state index contributed by atoms with van der Waals surface area (Å²) in [5.41, 5.74) is 3.86. The van der Waals surface area contributed by atoms with E-state index in [4.69, 9.17) is 0 Å². The van der Waals surface area contributed by atoms with E-state index >= 15 is 0 Å². The van der Waals surface area contributed by atoms with Crippen LogP contribution >= 0.6 is 15.9 Å². The van der Waals surface area contributed by atoms with Crippen molar-refractivity contribution in [1.82, 2.24) is 10.6 Å². The first-order valence-corrected chi connectivity index (χ1v) is 9.73. The van der Waals surface area contributed by atoms with Gasteiger partial charge in [0.1, 0.15) is 0 Å². The molecule has 0 aliphatic heterocycles. The molecule has 2 aromatic rings. The van der Waals surface area contributed by atoms with Gasteiger partial charge in [0, 0.05) is 16.2 Å². The average molecular weight is 432 g/mol. The van der Waals surface area contributed by atoms with E-state index in [1.165, 1.54) is 0 Å². The quantitative estimate of drug-likeness (QED) is 0.623. The van der Waals surface area contributed by atoms with E-state index in [1.807, 2.05) is 63.2 Å². The lowest BCUT2D eigenvalue weighted by molar-refractivity contribution is -0.125. The standard InChI is InChI=1S/C21H26BrN3O2/c1-13-8-7-9-14(2)20(13)25-19(26)12-23-21(27)16(4)24-15(3)17-10-5-6-11-18(17)22/h5-11,15-16,24H,12H2,1-4H3,(H,23,27)(H,25,26)/t15-,16+/m0/s1. The molecule has 2 rings (SSSR count). The number of hydrogen-bond acceptors (Lipinski definition) is 3. The summed E-state index contributed by atoms with van der Waals surface area (Å²) in [7, 11) is 0. The molecule has 0 unspecified atom stereocenters. The van der Waals surface area contributed by atoms with Crippen molar-refractivity contribution in [2.75, 3.05) is 11.9 Å². The number of benzene rings is 2. The van der Waals surface area contributed by atoms with Crippen LogP contribution in [0.15, 0.2) is 46.9 Å². The molecular weight excluding hydrogens is 406 g/mol. The molecule has 0 saturated carbocycles. The number of para-hydroxylation sites is 1. The third kappa shape index (κ3) is 5.91. The molecule has 27 heavy (non-hydrogen) atoms. The highest BCUT2D eigenvalue weighted by Crippen LogP contribution is 2.23. The van der Waals surface area contributed by atoms with Gasteiger partial charge >= 0.3 is 0 Å². The van der Waals surface area contributed by atoms with E-state index in [0.717, 1.165) is 26.9 Å². The van der Waals surface area contributed by atoms with E-state index < -0.39 is 6.04 Å². The van der Waals surface area contributed by atoms with Crippen LogP contribution < -0.4 is 16.0 Å². The molecule has 144 valence electrons. The normalized spacial score (nSPS) is 12.9. The predicted octanol–water partition coefficient (Wildman–Crippen LogP) is 3.86. The lowest BCUT2D eigenvalue weighted by atomic mass is 10.1. The first-order valence-electron chi connectivity index (χ1n) is 8.94. The Balaban J connectivity index is 1.86. The second kappa shape index (κ2) is 9.67. The van der Waals surface area contributed by atoms with Gasteiger partial charge in [0.2, 0.25) is 11.8 Å². The summed E-state index contributed by atoms with van der Waals surface area (Å²) in [6.45, 7) is 7.60. The summed E-state index contributed by atoms with van der Waals surface area (Å²) < 4.78 is 0.991. The van der Waals surface area contributed by atoms with Crippen molar-refractivity contribution >= 4 is 33.4 Å². The number of hydrogen-bond donors (Lipinski definition) is 3. The van der Waals surface area contributed by atoms with Gasteiger partial charge in [-0.3, -0.25) is 14.9 Å². The van der Waals surface area contributed by atoms with Gasteiger partial charge in [-0.25, -0.2) is 0 Å². The third-order valence-corrected chi connectivity index (χ3v) is 5.16. The summed E-state index contributed by atoms with van der Waals surface area (Å²) >= 11 is 3.52. The van der Waals surface area contributed by atoms with Gasteiger partial charge in [0.25, 0.3) is 0 Å². The minimum absolute atomic E-state index is 0.00947. The van der Waals surface area contributed by atoms with Crippen molar-refractivity contribution in [2.24, 2.45) is 0 Å². The molecule has 0 spiro atoms. The fraction of sp³-hybridized carbons (Fsp3) is 0.333. The van der Waals surface area contributed by atoms with Crippen LogP contribution in [0.2, 0.25) is 0 Å². The zero-order valence-electron chi connectivity index (χ0n) is 16.1. The topological polar surface area (TPSA) is 70.2 Å². The molecule has 0 aliphatic carbocycles. The number of aryl methyl sites for hydroxylation is 2. The Hall–Kier alpha value is -2.18. The van der Waals surface area contributed by atoms with Crippen LogP contribution in [0.25, 0.3) is 0 Å². The minimum atomic E-state index is -0.430. The van der Waals surface area contributed by atoms with Crippen LogP contribution in [0.3, 0.4) is 0 Å². The Kier molecular flexibility index (Phi) is 7.56. The SMILES string of the molecule is Cc1cccc(C)c1NC(=O)CNC(=O)[C@@H](C)N[C@@H](C)c1ccccc1Br. The van der Waals surface area contributed by atoms with Gasteiger partial charge in [-0.1, -0.05) is 52.3 Å². The van der Waals surface area contributed by atoms with Crippen LogP contribution in [0.4, 0.5) is 5.69 Å². The van der Waals surface area contributed by atoms with E-state index in [9.17, 15) is 9.59 Å². The Bertz CT molecular complexity index is 803. The second-order valence-corrected chi connectivity index (χ2v) is 7.52. The Labute approximate surface area is 169 Å². The molecule has 0 aliphatic rings. The van der Waals surface area contributed by atoms with E-state index in [2.05, 4.69) is 31.9 Å². The zero-order valence-corrected chi connectivity index (χ0v) is 17.7. The van der Waals surface area contributed by atoms with Crippen LogP contribution in [0.5, 0.6) is 0 Å². The summed E-state index contributed by atoms with van der Waals surface area (Å²) in [6, 6.07) is 13.3. The largest absolute Gasteiger partial charge is 0.346 e. The minimum Gasteiger partial charge on any atom is -0.346 e. The van der Waals surface area contributed by atoms with Gasteiger partial charge < -0.3 is 10.6 Å². The highest BCUT2D eigenvalue weighted by atomic mass is 79.9. The number of rotatable bonds is 7. The van der Waals surface area contributed by atoms with E-state index in [0.29, 0.717) is 0 Å². The average Bonchev–Trinajstić information content (AvgIpc) is 2.63.